The van der Waals surface area contributed by atoms with E-state index in [4.69, 9.17) is 11.3 Å². The average Bonchev–Trinajstić information content (AvgIpc) is 3.36. The van der Waals surface area contributed by atoms with Gasteiger partial charge in [-0.15, -0.1) is 0 Å². The lowest BCUT2D eigenvalue weighted by molar-refractivity contribution is -0.112. The van der Waals surface area contributed by atoms with Crippen molar-refractivity contribution < 1.29 is 17.9 Å². The van der Waals surface area contributed by atoms with E-state index in [0.717, 1.165) is 12.8 Å². The lowest BCUT2D eigenvalue weighted by Gasteiger charge is -2.24. The number of nitrogens with zero attached hydrogens (tertiary/aromatic N) is 3. The number of likely N-dealkylation sites (N-methyl/N-ethyl adjacent to an activating group) is 1. The van der Waals surface area contributed by atoms with E-state index in [2.05, 4.69) is 4.85 Å². The Morgan fingerprint density at radius 1 is 1.23 bits per heavy atom. The zero-order chi connectivity index (χ0) is 22.2. The highest BCUT2D eigenvalue weighted by molar-refractivity contribution is 7.89. The molecule has 0 aliphatic carbocycles. The Hall–Kier alpha value is -3.15. The Bertz CT molecular complexity index is 1200. The number of ether oxygens (including phenoxy) is 1. The maximum absolute atomic E-state index is 13.5. The van der Waals surface area contributed by atoms with Crippen LogP contribution in [0.15, 0.2) is 59.1 Å². The van der Waals surface area contributed by atoms with Gasteiger partial charge in [-0.2, -0.15) is 4.31 Å². The molecule has 2 aliphatic rings. The van der Waals surface area contributed by atoms with Gasteiger partial charge in [0.1, 0.15) is 12.4 Å². The fraction of sp³-hybridized carbons (Fsp3) is 0.304. The van der Waals surface area contributed by atoms with Gasteiger partial charge >= 0.3 is 0 Å². The van der Waals surface area contributed by atoms with Crippen molar-refractivity contribution in [3.05, 3.63) is 71.2 Å². The summed E-state index contributed by atoms with van der Waals surface area (Å²) < 4.78 is 34.2. The first-order valence-electron chi connectivity index (χ1n) is 10.0. The van der Waals surface area contributed by atoms with Crippen molar-refractivity contribution >= 4 is 27.2 Å². The number of anilines is 1. The van der Waals surface area contributed by atoms with Crippen LogP contribution in [0.2, 0.25) is 0 Å². The number of hydrogen-bond donors (Lipinski definition) is 0. The molecule has 160 valence electrons. The predicted molar refractivity (Wildman–Crippen MR) is 118 cm³/mol. The summed E-state index contributed by atoms with van der Waals surface area (Å²) in [5.41, 5.74) is 1.60. The second-order valence-electron chi connectivity index (χ2n) is 7.65. The summed E-state index contributed by atoms with van der Waals surface area (Å²) in [6.45, 7) is 9.55. The van der Waals surface area contributed by atoms with Crippen LogP contribution in [0, 0.1) is 6.57 Å². The Kier molecular flexibility index (Phi) is 5.56. The molecule has 0 bridgehead atoms. The summed E-state index contributed by atoms with van der Waals surface area (Å²) in [7, 11) is -2.16. The summed E-state index contributed by atoms with van der Waals surface area (Å²) in [5, 5.41) is 0. The van der Waals surface area contributed by atoms with E-state index < -0.39 is 10.0 Å². The summed E-state index contributed by atoms with van der Waals surface area (Å²) in [4.78, 5) is 17.6. The number of carbonyl (C=O) groups excluding carboxylic acids is 1. The number of rotatable bonds is 5. The third kappa shape index (κ3) is 3.71. The van der Waals surface area contributed by atoms with Crippen molar-refractivity contribution in [3.63, 3.8) is 0 Å². The monoisotopic (exact) mass is 437 g/mol. The van der Waals surface area contributed by atoms with Crippen LogP contribution in [-0.4, -0.2) is 44.9 Å². The summed E-state index contributed by atoms with van der Waals surface area (Å²) >= 11 is 0. The molecule has 1 amide bonds. The first-order chi connectivity index (χ1) is 14.8. The maximum Gasteiger partial charge on any atom is 0.247 e. The molecule has 2 aliphatic heterocycles. The molecule has 1 atom stereocenters. The highest BCUT2D eigenvalue weighted by Gasteiger charge is 2.38. The van der Waals surface area contributed by atoms with Crippen LogP contribution in [0.5, 0.6) is 5.75 Å². The number of carbonyl (C=O) groups is 1. The fourth-order valence-corrected chi connectivity index (χ4v) is 5.81. The van der Waals surface area contributed by atoms with E-state index in [1.807, 2.05) is 30.3 Å². The number of amides is 1. The molecule has 0 spiro atoms. The summed E-state index contributed by atoms with van der Waals surface area (Å²) in [6, 6.07) is 13.7. The van der Waals surface area contributed by atoms with Crippen molar-refractivity contribution in [2.24, 2.45) is 0 Å². The number of benzene rings is 2. The molecule has 4 rings (SSSR count). The molecule has 31 heavy (non-hydrogen) atoms. The van der Waals surface area contributed by atoms with Gasteiger partial charge in [-0.05, 0) is 50.1 Å². The minimum Gasteiger partial charge on any atom is -0.492 e. The molecular weight excluding hydrogens is 414 g/mol. The minimum absolute atomic E-state index is 0.122. The minimum atomic E-state index is -3.78. The molecule has 0 radical (unpaired) electrons. The predicted octanol–water partition coefficient (Wildman–Crippen LogP) is 3.55. The average molecular weight is 438 g/mol. The summed E-state index contributed by atoms with van der Waals surface area (Å²) in [6.07, 6.45) is 1.48. The van der Waals surface area contributed by atoms with E-state index in [0.29, 0.717) is 23.5 Å². The van der Waals surface area contributed by atoms with Gasteiger partial charge in [-0.1, -0.05) is 18.2 Å². The number of fused-ring (bicyclic) bond motifs is 1. The second-order valence-corrected chi connectivity index (χ2v) is 9.54. The number of para-hydroxylation sites is 1. The largest absolute Gasteiger partial charge is 0.492 e. The van der Waals surface area contributed by atoms with Crippen molar-refractivity contribution in [3.8, 4) is 5.75 Å². The van der Waals surface area contributed by atoms with Crippen LogP contribution in [-0.2, 0) is 14.8 Å². The van der Waals surface area contributed by atoms with Gasteiger partial charge in [0.05, 0.1) is 28.8 Å². The van der Waals surface area contributed by atoms with Gasteiger partial charge < -0.3 is 9.64 Å². The molecule has 7 nitrogen and oxygen atoms in total. The van der Waals surface area contributed by atoms with Gasteiger partial charge in [0.2, 0.25) is 15.9 Å². The third-order valence-electron chi connectivity index (χ3n) is 5.76. The van der Waals surface area contributed by atoms with Crippen LogP contribution in [0.3, 0.4) is 0 Å². The summed E-state index contributed by atoms with van der Waals surface area (Å²) in [5.74, 6) is 0.406. The SMILES string of the molecule is [C-]#[N+]/C(C)=C1/C(=O)N(C)c2ccc(S(=O)(=O)N3CCC[C@H]3COc3ccccc3)cc21. The van der Waals surface area contributed by atoms with E-state index in [1.165, 1.54) is 21.3 Å². The fourth-order valence-electron chi connectivity index (χ4n) is 4.10. The van der Waals surface area contributed by atoms with Crippen molar-refractivity contribution in [2.45, 2.75) is 30.7 Å². The molecular formula is C23H23N3O4S. The molecule has 2 aromatic rings. The van der Waals surface area contributed by atoms with Crippen LogP contribution in [0.4, 0.5) is 5.69 Å². The molecule has 2 aromatic carbocycles. The van der Waals surface area contributed by atoms with Crippen LogP contribution < -0.4 is 9.64 Å². The first-order valence-corrected chi connectivity index (χ1v) is 11.5. The standard InChI is InChI=1S/C23H23N3O4S/c1-16(24-2)22-20-14-19(11-12-21(20)25(3)23(22)27)31(28,29)26-13-7-8-17(26)15-30-18-9-5-4-6-10-18/h4-6,9-12,14,17H,7-8,13,15H2,1,3H3/b22-16+/t17-/m0/s1. The molecule has 0 aromatic heterocycles. The molecule has 1 saturated heterocycles. The van der Waals surface area contributed by atoms with Crippen molar-refractivity contribution in [1.29, 1.82) is 0 Å². The number of allylic oxidation sites excluding steroid dienone is 1. The van der Waals surface area contributed by atoms with Crippen molar-refractivity contribution in [1.82, 2.24) is 4.31 Å². The molecule has 8 heteroatoms. The number of sulfonamides is 1. The van der Waals surface area contributed by atoms with Crippen LogP contribution in [0.1, 0.15) is 25.3 Å². The van der Waals surface area contributed by atoms with E-state index >= 15 is 0 Å². The van der Waals surface area contributed by atoms with Gasteiger partial charge in [0, 0.05) is 19.2 Å². The Morgan fingerprint density at radius 3 is 2.68 bits per heavy atom. The molecule has 0 saturated carbocycles. The second kappa shape index (κ2) is 8.17. The Labute approximate surface area is 182 Å². The maximum atomic E-state index is 13.5. The molecule has 1 fully saturated rings. The van der Waals surface area contributed by atoms with E-state index in [9.17, 15) is 13.2 Å². The molecule has 0 N–H and O–H groups in total. The van der Waals surface area contributed by atoms with E-state index in [1.54, 1.807) is 20.0 Å². The van der Waals surface area contributed by atoms with Gasteiger partial charge in [-0.3, -0.25) is 4.79 Å². The lowest BCUT2D eigenvalue weighted by Crippen LogP contribution is -2.39. The zero-order valence-electron chi connectivity index (χ0n) is 17.4. The zero-order valence-corrected chi connectivity index (χ0v) is 18.2. The van der Waals surface area contributed by atoms with Crippen molar-refractivity contribution in [2.75, 3.05) is 25.1 Å². The highest BCUT2D eigenvalue weighted by Crippen LogP contribution is 2.40. The van der Waals surface area contributed by atoms with Crippen LogP contribution in [0.25, 0.3) is 10.4 Å². The number of hydrogen-bond acceptors (Lipinski definition) is 4. The van der Waals surface area contributed by atoms with E-state index in [-0.39, 0.29) is 34.7 Å². The highest BCUT2D eigenvalue weighted by atomic mass is 32.2. The third-order valence-corrected chi connectivity index (χ3v) is 7.71. The molecule has 2 heterocycles. The first kappa shape index (κ1) is 21.1. The molecule has 0 unspecified atom stereocenters. The topological polar surface area (TPSA) is 71.3 Å². The Morgan fingerprint density at radius 2 is 1.97 bits per heavy atom. The Balaban J connectivity index is 1.64. The quantitative estimate of drug-likeness (QED) is 0.530. The smallest absolute Gasteiger partial charge is 0.247 e. The van der Waals surface area contributed by atoms with Gasteiger partial charge in [-0.25, -0.2) is 13.3 Å². The van der Waals surface area contributed by atoms with Gasteiger partial charge in [0.15, 0.2) is 5.70 Å². The van der Waals surface area contributed by atoms with Crippen LogP contribution >= 0.6 is 0 Å². The normalized spacial score (nSPS) is 20.5. The lowest BCUT2D eigenvalue weighted by atomic mass is 10.1. The van der Waals surface area contributed by atoms with Gasteiger partial charge in [0.25, 0.3) is 0 Å².